The Kier molecular flexibility index (Phi) is 5.57. The van der Waals surface area contributed by atoms with Crippen molar-refractivity contribution < 1.29 is 9.53 Å². The number of hydrogen-bond acceptors (Lipinski definition) is 3. The van der Waals surface area contributed by atoms with Crippen LogP contribution in [-0.2, 0) is 9.53 Å². The Balaban J connectivity index is 2.21. The van der Waals surface area contributed by atoms with Gasteiger partial charge in [-0.1, -0.05) is 30.3 Å². The van der Waals surface area contributed by atoms with E-state index in [1.54, 1.807) is 0 Å². The molecule has 88 valence electrons. The maximum Gasteiger partial charge on any atom is 0.305 e. The monoisotopic (exact) mass is 221 g/mol. The molecule has 0 amide bonds. The molecular weight excluding hydrogens is 202 g/mol. The zero-order valence-corrected chi connectivity index (χ0v) is 9.90. The molecule has 1 aromatic carbocycles. The fourth-order valence-electron chi connectivity index (χ4n) is 1.51. The van der Waals surface area contributed by atoms with E-state index in [4.69, 9.17) is 0 Å². The third-order valence-electron chi connectivity index (χ3n) is 2.54. The second-order valence-electron chi connectivity index (χ2n) is 3.77. The quantitative estimate of drug-likeness (QED) is 0.591. The van der Waals surface area contributed by atoms with Gasteiger partial charge in [0.2, 0.25) is 0 Å². The van der Waals surface area contributed by atoms with E-state index in [9.17, 15) is 4.79 Å². The normalized spacial score (nSPS) is 12.1. The predicted octanol–water partition coefficient (Wildman–Crippen LogP) is 2.29. The molecule has 3 heteroatoms. The summed E-state index contributed by atoms with van der Waals surface area (Å²) in [7, 11) is 1.42. The minimum atomic E-state index is -0.144. The first-order chi connectivity index (χ1) is 7.74. The number of esters is 1. The summed E-state index contributed by atoms with van der Waals surface area (Å²) in [5, 5.41) is 3.37. The highest BCUT2D eigenvalue weighted by Crippen LogP contribution is 2.10. The smallest absolute Gasteiger partial charge is 0.305 e. The summed E-state index contributed by atoms with van der Waals surface area (Å²) in [6, 6.07) is 10.6. The molecule has 1 N–H and O–H groups in total. The Hall–Kier alpha value is -1.35. The summed E-state index contributed by atoms with van der Waals surface area (Å²) in [4.78, 5) is 10.9. The third-order valence-corrected chi connectivity index (χ3v) is 2.54. The number of ether oxygens (including phenoxy) is 1. The zero-order valence-electron chi connectivity index (χ0n) is 9.90. The Morgan fingerprint density at radius 2 is 2.06 bits per heavy atom. The maximum absolute atomic E-state index is 10.9. The molecule has 16 heavy (non-hydrogen) atoms. The predicted molar refractivity (Wildman–Crippen MR) is 64.1 cm³/mol. The molecule has 1 aromatic rings. The fraction of sp³-hybridized carbons (Fsp3) is 0.462. The van der Waals surface area contributed by atoms with Crippen LogP contribution >= 0.6 is 0 Å². The summed E-state index contributed by atoms with van der Waals surface area (Å²) >= 11 is 0. The van der Waals surface area contributed by atoms with Crippen LogP contribution in [0.3, 0.4) is 0 Å². The first-order valence-corrected chi connectivity index (χ1v) is 5.59. The lowest BCUT2D eigenvalue weighted by atomic mass is 10.1. The molecular formula is C13H19NO2. The van der Waals surface area contributed by atoms with E-state index < -0.39 is 0 Å². The van der Waals surface area contributed by atoms with Crippen LogP contribution in [0.2, 0.25) is 0 Å². The number of carbonyl (C=O) groups excluding carboxylic acids is 1. The van der Waals surface area contributed by atoms with Crippen LogP contribution in [0, 0.1) is 0 Å². The maximum atomic E-state index is 10.9. The molecule has 1 rings (SSSR count). The van der Waals surface area contributed by atoms with Crippen molar-refractivity contribution in [3.05, 3.63) is 35.9 Å². The van der Waals surface area contributed by atoms with Gasteiger partial charge in [0.1, 0.15) is 0 Å². The van der Waals surface area contributed by atoms with E-state index in [0.29, 0.717) is 12.5 Å². The van der Waals surface area contributed by atoms with Crippen molar-refractivity contribution in [2.75, 3.05) is 13.7 Å². The van der Waals surface area contributed by atoms with Crippen LogP contribution < -0.4 is 5.32 Å². The van der Waals surface area contributed by atoms with Crippen molar-refractivity contribution in [1.82, 2.24) is 5.32 Å². The van der Waals surface area contributed by atoms with Crippen LogP contribution in [0.1, 0.15) is 31.4 Å². The second-order valence-corrected chi connectivity index (χ2v) is 3.77. The van der Waals surface area contributed by atoms with E-state index in [1.807, 2.05) is 18.2 Å². The van der Waals surface area contributed by atoms with Crippen molar-refractivity contribution in [3.8, 4) is 0 Å². The lowest BCUT2D eigenvalue weighted by molar-refractivity contribution is -0.140. The molecule has 0 bridgehead atoms. The van der Waals surface area contributed by atoms with Gasteiger partial charge in [-0.25, -0.2) is 0 Å². The molecule has 3 nitrogen and oxygen atoms in total. The third kappa shape index (κ3) is 4.45. The van der Waals surface area contributed by atoms with Gasteiger partial charge in [0.05, 0.1) is 7.11 Å². The van der Waals surface area contributed by atoms with Crippen LogP contribution in [0.15, 0.2) is 30.3 Å². The van der Waals surface area contributed by atoms with Gasteiger partial charge in [0.15, 0.2) is 0 Å². The van der Waals surface area contributed by atoms with Gasteiger partial charge in [-0.3, -0.25) is 4.79 Å². The standard InChI is InChI=1S/C13H19NO2/c1-11(12-7-4-3-5-8-12)14-10-6-9-13(15)16-2/h3-5,7-8,11,14H,6,9-10H2,1-2H3. The fourth-order valence-corrected chi connectivity index (χ4v) is 1.51. The van der Waals surface area contributed by atoms with Gasteiger partial charge in [-0.05, 0) is 25.5 Å². The van der Waals surface area contributed by atoms with Gasteiger partial charge in [-0.15, -0.1) is 0 Å². The SMILES string of the molecule is COC(=O)CCCNC(C)c1ccccc1. The minimum Gasteiger partial charge on any atom is -0.469 e. The average molecular weight is 221 g/mol. The molecule has 0 saturated carbocycles. The highest BCUT2D eigenvalue weighted by molar-refractivity contribution is 5.69. The van der Waals surface area contributed by atoms with Gasteiger partial charge >= 0.3 is 5.97 Å². The second kappa shape index (κ2) is 7.01. The van der Waals surface area contributed by atoms with Crippen molar-refractivity contribution in [3.63, 3.8) is 0 Å². The van der Waals surface area contributed by atoms with Crippen LogP contribution in [0.4, 0.5) is 0 Å². The Labute approximate surface area is 96.8 Å². The molecule has 0 radical (unpaired) electrons. The van der Waals surface area contributed by atoms with Crippen LogP contribution in [0.5, 0.6) is 0 Å². The number of rotatable bonds is 6. The van der Waals surface area contributed by atoms with Crippen molar-refractivity contribution >= 4 is 5.97 Å². The average Bonchev–Trinajstić information content (AvgIpc) is 2.35. The summed E-state index contributed by atoms with van der Waals surface area (Å²) in [6.45, 7) is 2.94. The number of carbonyl (C=O) groups is 1. The summed E-state index contributed by atoms with van der Waals surface area (Å²) < 4.78 is 4.58. The first-order valence-electron chi connectivity index (χ1n) is 5.59. The molecule has 0 spiro atoms. The highest BCUT2D eigenvalue weighted by Gasteiger charge is 2.04. The first kappa shape index (κ1) is 12.7. The topological polar surface area (TPSA) is 38.3 Å². The van der Waals surface area contributed by atoms with Crippen LogP contribution in [-0.4, -0.2) is 19.6 Å². The molecule has 1 atom stereocenters. The molecule has 1 unspecified atom stereocenters. The molecule has 0 aliphatic rings. The van der Waals surface area contributed by atoms with Crippen molar-refractivity contribution in [2.45, 2.75) is 25.8 Å². The van der Waals surface area contributed by atoms with Crippen molar-refractivity contribution in [2.24, 2.45) is 0 Å². The van der Waals surface area contributed by atoms with E-state index >= 15 is 0 Å². The molecule has 0 heterocycles. The summed E-state index contributed by atoms with van der Waals surface area (Å²) in [5.74, 6) is -0.144. The summed E-state index contributed by atoms with van der Waals surface area (Å²) in [6.07, 6.45) is 1.29. The largest absolute Gasteiger partial charge is 0.469 e. The van der Waals surface area contributed by atoms with Gasteiger partial charge < -0.3 is 10.1 Å². The van der Waals surface area contributed by atoms with Gasteiger partial charge in [-0.2, -0.15) is 0 Å². The van der Waals surface area contributed by atoms with Crippen molar-refractivity contribution in [1.29, 1.82) is 0 Å². The highest BCUT2D eigenvalue weighted by atomic mass is 16.5. The lowest BCUT2D eigenvalue weighted by Gasteiger charge is -2.13. The Bertz CT molecular complexity index is 311. The Morgan fingerprint density at radius 1 is 1.38 bits per heavy atom. The molecule has 0 saturated heterocycles. The van der Waals surface area contributed by atoms with E-state index in [1.165, 1.54) is 12.7 Å². The van der Waals surface area contributed by atoms with E-state index in [0.717, 1.165) is 13.0 Å². The number of benzene rings is 1. The molecule has 0 aliphatic heterocycles. The van der Waals surface area contributed by atoms with Gasteiger partial charge in [0, 0.05) is 12.5 Å². The number of methoxy groups -OCH3 is 1. The molecule has 0 aromatic heterocycles. The number of hydrogen-bond donors (Lipinski definition) is 1. The van der Waals surface area contributed by atoms with E-state index in [2.05, 4.69) is 29.1 Å². The summed E-state index contributed by atoms with van der Waals surface area (Å²) in [5.41, 5.74) is 1.26. The molecule has 0 aliphatic carbocycles. The lowest BCUT2D eigenvalue weighted by Crippen LogP contribution is -2.20. The van der Waals surface area contributed by atoms with Crippen LogP contribution in [0.25, 0.3) is 0 Å². The van der Waals surface area contributed by atoms with E-state index in [-0.39, 0.29) is 5.97 Å². The Morgan fingerprint density at radius 3 is 2.69 bits per heavy atom. The minimum absolute atomic E-state index is 0.144. The van der Waals surface area contributed by atoms with Gasteiger partial charge in [0.25, 0.3) is 0 Å². The molecule has 0 fully saturated rings. The zero-order chi connectivity index (χ0) is 11.8. The number of nitrogens with one attached hydrogen (secondary N) is 1.